The van der Waals surface area contributed by atoms with Gasteiger partial charge in [0.05, 0.1) is 4.88 Å². The van der Waals surface area contributed by atoms with Gasteiger partial charge in [-0.25, -0.2) is 0 Å². The Kier molecular flexibility index (Phi) is 7.42. The maximum absolute atomic E-state index is 2.30. The summed E-state index contributed by atoms with van der Waals surface area (Å²) in [5, 5.41) is 4.29. The van der Waals surface area contributed by atoms with E-state index in [9.17, 15) is 0 Å². The fourth-order valence-electron chi connectivity index (χ4n) is 4.08. The Labute approximate surface area is 234 Å². The van der Waals surface area contributed by atoms with Gasteiger partial charge in [0.1, 0.15) is 0 Å². The molecule has 4 heteroatoms. The van der Waals surface area contributed by atoms with Crippen molar-refractivity contribution in [3.05, 3.63) is 154 Å². The molecule has 0 spiro atoms. The third kappa shape index (κ3) is 5.84. The first kappa shape index (κ1) is 24.1. The van der Waals surface area contributed by atoms with Crippen LogP contribution in [0.5, 0.6) is 0 Å². The van der Waals surface area contributed by atoms with Crippen LogP contribution in [0.2, 0.25) is 0 Å². The van der Waals surface area contributed by atoms with Gasteiger partial charge in [-0.3, -0.25) is 0 Å². The molecule has 0 amide bonds. The largest absolute Gasteiger partial charge is 0.249 e. The average Bonchev–Trinajstić information content (AvgIpc) is 3.69. The van der Waals surface area contributed by atoms with Crippen LogP contribution in [0.25, 0.3) is 36.1 Å². The SMILES string of the molecule is C1=C(c2ccccc2)SC(c2cccs2)=C/C1=C/C=C/c1cc(-c2ccccc2)[s+]c(-c2cccs2)c1. The van der Waals surface area contributed by atoms with Crippen molar-refractivity contribution in [2.45, 2.75) is 0 Å². The van der Waals surface area contributed by atoms with Crippen molar-refractivity contribution >= 4 is 61.7 Å². The minimum Gasteiger partial charge on any atom is -0.143 e. The molecule has 0 bridgehead atoms. The summed E-state index contributed by atoms with van der Waals surface area (Å²) < 4.78 is 0. The Morgan fingerprint density at radius 1 is 0.595 bits per heavy atom. The van der Waals surface area contributed by atoms with Gasteiger partial charge in [-0.15, -0.1) is 22.7 Å². The van der Waals surface area contributed by atoms with E-state index in [0.29, 0.717) is 0 Å². The van der Waals surface area contributed by atoms with Crippen molar-refractivity contribution in [3.63, 3.8) is 0 Å². The highest BCUT2D eigenvalue weighted by Gasteiger charge is 2.18. The summed E-state index contributed by atoms with van der Waals surface area (Å²) in [4.78, 5) is 7.75. The summed E-state index contributed by atoms with van der Waals surface area (Å²) in [6, 6.07) is 34.6. The second-order valence-electron chi connectivity index (χ2n) is 8.45. The predicted molar refractivity (Wildman–Crippen MR) is 169 cm³/mol. The molecule has 1 aliphatic heterocycles. The van der Waals surface area contributed by atoms with Gasteiger partial charge in [-0.05, 0) is 63.9 Å². The van der Waals surface area contributed by atoms with Crippen LogP contribution < -0.4 is 0 Å². The quantitative estimate of drug-likeness (QED) is 0.191. The van der Waals surface area contributed by atoms with Crippen molar-refractivity contribution < 1.29 is 0 Å². The lowest BCUT2D eigenvalue weighted by atomic mass is 10.1. The fourth-order valence-corrected chi connectivity index (χ4v) is 7.99. The molecule has 0 N–H and O–H groups in total. The van der Waals surface area contributed by atoms with Gasteiger partial charge in [0, 0.05) is 32.4 Å². The summed E-state index contributed by atoms with van der Waals surface area (Å²) in [5.41, 5.74) is 4.92. The zero-order valence-corrected chi connectivity index (χ0v) is 23.2. The highest BCUT2D eigenvalue weighted by atomic mass is 32.2. The average molecular weight is 548 g/mol. The number of allylic oxidation sites excluding steroid dienone is 5. The summed E-state index contributed by atoms with van der Waals surface area (Å²) in [6.07, 6.45) is 11.2. The van der Waals surface area contributed by atoms with Crippen LogP contribution in [0.3, 0.4) is 0 Å². The molecule has 0 saturated heterocycles. The lowest BCUT2D eigenvalue weighted by Crippen LogP contribution is -1.89. The number of benzene rings is 2. The molecule has 0 fully saturated rings. The lowest BCUT2D eigenvalue weighted by Gasteiger charge is -2.15. The van der Waals surface area contributed by atoms with Crippen molar-refractivity contribution in [2.24, 2.45) is 0 Å². The molecule has 4 heterocycles. The van der Waals surface area contributed by atoms with Crippen LogP contribution >= 0.6 is 45.8 Å². The Bertz CT molecular complexity index is 1600. The van der Waals surface area contributed by atoms with Crippen LogP contribution in [0.15, 0.2) is 138 Å². The Morgan fingerprint density at radius 2 is 1.24 bits per heavy atom. The molecule has 1 aliphatic rings. The van der Waals surface area contributed by atoms with E-state index in [0.717, 1.165) is 0 Å². The van der Waals surface area contributed by atoms with Crippen molar-refractivity contribution in [2.75, 3.05) is 0 Å². The first-order chi connectivity index (χ1) is 18.3. The molecule has 5 aromatic rings. The van der Waals surface area contributed by atoms with Crippen LogP contribution in [0.4, 0.5) is 0 Å². The van der Waals surface area contributed by atoms with E-state index in [4.69, 9.17) is 0 Å². The smallest absolute Gasteiger partial charge is 0.143 e. The van der Waals surface area contributed by atoms with Gasteiger partial charge in [0.25, 0.3) is 0 Å². The molecule has 0 aliphatic carbocycles. The topological polar surface area (TPSA) is 0 Å². The Balaban J connectivity index is 1.36. The van der Waals surface area contributed by atoms with Crippen molar-refractivity contribution in [1.29, 1.82) is 0 Å². The van der Waals surface area contributed by atoms with E-state index in [2.05, 4.69) is 138 Å². The minimum absolute atomic E-state index is 1.21. The number of hydrogen-bond acceptors (Lipinski definition) is 3. The zero-order valence-electron chi connectivity index (χ0n) is 19.9. The maximum Gasteiger partial charge on any atom is 0.249 e. The molecule has 178 valence electrons. The van der Waals surface area contributed by atoms with Crippen molar-refractivity contribution in [1.82, 2.24) is 0 Å². The van der Waals surface area contributed by atoms with Gasteiger partial charge in [0.2, 0.25) is 21.1 Å². The van der Waals surface area contributed by atoms with E-state index in [1.54, 1.807) is 22.7 Å². The molecule has 6 rings (SSSR count). The van der Waals surface area contributed by atoms with Gasteiger partial charge in [-0.1, -0.05) is 90.7 Å². The van der Waals surface area contributed by atoms with E-state index in [1.807, 2.05) is 23.1 Å². The maximum atomic E-state index is 2.30. The molecular weight excluding hydrogens is 525 g/mol. The molecule has 0 atom stereocenters. The van der Waals surface area contributed by atoms with Crippen LogP contribution in [0, 0.1) is 0 Å². The third-order valence-electron chi connectivity index (χ3n) is 5.85. The van der Waals surface area contributed by atoms with E-state index in [1.165, 1.54) is 51.6 Å². The van der Waals surface area contributed by atoms with Gasteiger partial charge < -0.3 is 0 Å². The van der Waals surface area contributed by atoms with Crippen LogP contribution in [-0.4, -0.2) is 0 Å². The Morgan fingerprint density at radius 3 is 1.95 bits per heavy atom. The predicted octanol–water partition coefficient (Wildman–Crippen LogP) is 11.3. The second kappa shape index (κ2) is 11.4. The highest BCUT2D eigenvalue weighted by molar-refractivity contribution is 8.16. The first-order valence-electron chi connectivity index (χ1n) is 12.0. The molecule has 0 radical (unpaired) electrons. The van der Waals surface area contributed by atoms with E-state index in [-0.39, 0.29) is 0 Å². The second-order valence-corrected chi connectivity index (χ2v) is 12.5. The third-order valence-corrected chi connectivity index (χ3v) is 10.2. The van der Waals surface area contributed by atoms with Crippen LogP contribution in [0.1, 0.15) is 16.0 Å². The monoisotopic (exact) mass is 547 g/mol. The standard InChI is InChI=1S/C33H23S4/c1-3-12-26(13-4-1)30-20-24(22-32(36-30)28-16-8-18-34-28)10-7-11-25-21-31(27-14-5-2-6-15-27)37-33(23-25)29-17-9-19-35-29/h1-23H/q+1. The zero-order chi connectivity index (χ0) is 24.9. The van der Waals surface area contributed by atoms with Gasteiger partial charge >= 0.3 is 0 Å². The number of thiophene rings is 2. The summed E-state index contributed by atoms with van der Waals surface area (Å²) >= 11 is 7.27. The first-order valence-corrected chi connectivity index (χ1v) is 15.4. The van der Waals surface area contributed by atoms with Crippen molar-refractivity contribution in [3.8, 4) is 20.2 Å². The van der Waals surface area contributed by atoms with E-state index < -0.39 is 0 Å². The molecule has 0 saturated carbocycles. The molecule has 2 aromatic carbocycles. The molecule has 3 aromatic heterocycles. The molecule has 0 nitrogen and oxygen atoms in total. The molecular formula is C33H23S4+. The normalized spacial score (nSPS) is 14.6. The summed E-state index contributed by atoms with van der Waals surface area (Å²) in [7, 11) is 0. The summed E-state index contributed by atoms with van der Waals surface area (Å²) in [5.74, 6) is 0. The van der Waals surface area contributed by atoms with Gasteiger partial charge in [-0.2, -0.15) is 0 Å². The number of hydrogen-bond donors (Lipinski definition) is 0. The molecule has 37 heavy (non-hydrogen) atoms. The Hall–Kier alpha value is -3.28. The highest BCUT2D eigenvalue weighted by Crippen LogP contribution is 2.45. The molecule has 0 unspecified atom stereocenters. The lowest BCUT2D eigenvalue weighted by molar-refractivity contribution is 1.62. The van der Waals surface area contributed by atoms with Gasteiger partial charge in [0.15, 0.2) is 0 Å². The van der Waals surface area contributed by atoms with E-state index >= 15 is 0 Å². The van der Waals surface area contributed by atoms with Crippen LogP contribution in [-0.2, 0) is 0 Å². The summed E-state index contributed by atoms with van der Waals surface area (Å²) in [6.45, 7) is 0. The minimum atomic E-state index is 1.21. The number of rotatable bonds is 6. The number of thioether (sulfide) groups is 1. The fraction of sp³-hybridized carbons (Fsp3) is 0.